The Hall–Kier alpha value is -3.48. The number of fused-ring (bicyclic) bond motifs is 2. The van der Waals surface area contributed by atoms with Gasteiger partial charge < -0.3 is 29.0 Å². The summed E-state index contributed by atoms with van der Waals surface area (Å²) in [4.78, 5) is 33.8. The number of hydrogen-bond donors (Lipinski definition) is 2. The number of aliphatic hydroxyl groups is 1. The standard InChI is InChI=1S/C31H36FN3O7S/c1-16-24-27(36)35(31(2,3)29(37)38)30(39)34(28(24)43-25(16)26-33-9-10-41-26)15-23(21-7-5-6-8-22(21)40-4)42-20-13-17-11-19(32)12-18(17)14-20/h5-10,17-20,23,30,39H,11-15H2,1-4H3,(H,37,38)/t17-,18+,19?,20?,23?,30?. The van der Waals surface area contributed by atoms with Gasteiger partial charge in [0, 0.05) is 5.56 Å². The van der Waals surface area contributed by atoms with Crippen molar-refractivity contribution in [2.24, 2.45) is 11.8 Å². The lowest BCUT2D eigenvalue weighted by atomic mass is 9.98. The van der Waals surface area contributed by atoms with E-state index in [1.54, 1.807) is 18.9 Å². The van der Waals surface area contributed by atoms with E-state index >= 15 is 0 Å². The highest BCUT2D eigenvalue weighted by Gasteiger charge is 2.51. The van der Waals surface area contributed by atoms with Crippen LogP contribution in [0.2, 0.25) is 0 Å². The fourth-order valence-electron chi connectivity index (χ4n) is 6.94. The molecule has 2 saturated carbocycles. The van der Waals surface area contributed by atoms with Crippen LogP contribution in [0.3, 0.4) is 0 Å². The number of anilines is 1. The molecule has 2 N–H and O–H groups in total. The van der Waals surface area contributed by atoms with Gasteiger partial charge in [-0.15, -0.1) is 11.3 Å². The van der Waals surface area contributed by atoms with Crippen LogP contribution < -0.4 is 9.64 Å². The molecule has 0 bridgehead atoms. The molecule has 1 aromatic carbocycles. The topological polar surface area (TPSA) is 126 Å². The molecular weight excluding hydrogens is 577 g/mol. The van der Waals surface area contributed by atoms with Gasteiger partial charge in [0.05, 0.1) is 36.4 Å². The first-order chi connectivity index (χ1) is 20.5. The maximum atomic E-state index is 14.1. The Kier molecular flexibility index (Phi) is 7.72. The average molecular weight is 614 g/mol. The molecule has 230 valence electrons. The maximum absolute atomic E-state index is 14.1. The van der Waals surface area contributed by atoms with Gasteiger partial charge in [-0.2, -0.15) is 0 Å². The third-order valence-corrected chi connectivity index (χ3v) is 10.5. The van der Waals surface area contributed by atoms with Gasteiger partial charge in [0.25, 0.3) is 5.91 Å². The molecule has 1 aliphatic heterocycles. The number of para-hydroxylation sites is 1. The molecule has 1 amide bonds. The first-order valence-corrected chi connectivity index (χ1v) is 15.3. The average Bonchev–Trinajstić information content (AvgIpc) is 3.74. The highest BCUT2D eigenvalue weighted by Crippen LogP contribution is 2.50. The molecule has 2 aromatic heterocycles. The monoisotopic (exact) mass is 613 g/mol. The molecule has 4 unspecified atom stereocenters. The van der Waals surface area contributed by atoms with Crippen LogP contribution in [0.1, 0.15) is 67.1 Å². The van der Waals surface area contributed by atoms with Crippen LogP contribution in [-0.4, -0.2) is 69.8 Å². The van der Waals surface area contributed by atoms with Crippen molar-refractivity contribution in [2.75, 3.05) is 18.6 Å². The predicted octanol–water partition coefficient (Wildman–Crippen LogP) is 5.41. The molecule has 2 fully saturated rings. The Morgan fingerprint density at radius 3 is 2.56 bits per heavy atom. The first kappa shape index (κ1) is 29.6. The third kappa shape index (κ3) is 5.08. The molecule has 0 spiro atoms. The lowest BCUT2D eigenvalue weighted by Gasteiger charge is -2.47. The van der Waals surface area contributed by atoms with E-state index < -0.39 is 36.0 Å². The van der Waals surface area contributed by atoms with Crippen molar-refractivity contribution in [2.45, 2.75) is 76.7 Å². The number of amides is 1. The van der Waals surface area contributed by atoms with E-state index in [9.17, 15) is 24.2 Å². The van der Waals surface area contributed by atoms with Crippen molar-refractivity contribution in [1.29, 1.82) is 0 Å². The number of carbonyl (C=O) groups is 2. The van der Waals surface area contributed by atoms with Gasteiger partial charge >= 0.3 is 5.97 Å². The molecule has 12 heteroatoms. The summed E-state index contributed by atoms with van der Waals surface area (Å²) >= 11 is 1.25. The summed E-state index contributed by atoms with van der Waals surface area (Å²) in [5.41, 5.74) is -0.131. The van der Waals surface area contributed by atoms with Crippen molar-refractivity contribution >= 4 is 28.2 Å². The van der Waals surface area contributed by atoms with Gasteiger partial charge in [0.1, 0.15) is 34.8 Å². The van der Waals surface area contributed by atoms with Crippen LogP contribution in [0.4, 0.5) is 9.39 Å². The van der Waals surface area contributed by atoms with Crippen molar-refractivity contribution in [1.82, 2.24) is 9.88 Å². The third-order valence-electron chi connectivity index (χ3n) is 9.20. The number of hydrogen-bond acceptors (Lipinski definition) is 9. The van der Waals surface area contributed by atoms with Crippen molar-refractivity contribution in [3.05, 3.63) is 53.4 Å². The molecule has 0 radical (unpaired) electrons. The van der Waals surface area contributed by atoms with E-state index in [0.29, 0.717) is 39.9 Å². The first-order valence-electron chi connectivity index (χ1n) is 14.5. The second-order valence-electron chi connectivity index (χ2n) is 12.2. The summed E-state index contributed by atoms with van der Waals surface area (Å²) in [6.45, 7) is 4.62. The number of rotatable bonds is 9. The summed E-state index contributed by atoms with van der Waals surface area (Å²) in [6, 6.07) is 7.47. The SMILES string of the molecule is COc1ccccc1C(CN1c2sc(-c3ncco3)c(C)c2C(=O)N(C(C)(C)C(=O)O)C1O)OC1C[C@H]2CC(F)C[C@H]2C1. The summed E-state index contributed by atoms with van der Waals surface area (Å²) in [5.74, 6) is -0.383. The second kappa shape index (κ2) is 11.2. The van der Waals surface area contributed by atoms with Gasteiger partial charge in [-0.25, -0.2) is 14.2 Å². The normalized spacial score (nSPS) is 26.0. The number of aliphatic hydroxyl groups excluding tert-OH is 1. The molecule has 3 aromatic rings. The number of aromatic nitrogens is 1. The fourth-order valence-corrected chi connectivity index (χ4v) is 8.21. The summed E-state index contributed by atoms with van der Waals surface area (Å²) in [6.07, 6.45) is 2.42. The lowest BCUT2D eigenvalue weighted by molar-refractivity contribution is -0.154. The van der Waals surface area contributed by atoms with Crippen LogP contribution in [0.15, 0.2) is 41.1 Å². The van der Waals surface area contributed by atoms with Crippen molar-refractivity contribution in [3.63, 3.8) is 0 Å². The van der Waals surface area contributed by atoms with Gasteiger partial charge in [0.15, 0.2) is 0 Å². The quantitative estimate of drug-likeness (QED) is 0.326. The number of ether oxygens (including phenoxy) is 2. The van der Waals surface area contributed by atoms with E-state index in [0.717, 1.165) is 23.3 Å². The molecule has 0 saturated heterocycles. The fraction of sp³-hybridized carbons (Fsp3) is 0.516. The maximum Gasteiger partial charge on any atom is 0.329 e. The number of methoxy groups -OCH3 is 1. The molecule has 6 rings (SSSR count). The molecule has 2 aliphatic carbocycles. The number of benzene rings is 1. The molecule has 3 aliphatic rings. The number of carbonyl (C=O) groups excluding carboxylic acids is 1. The summed E-state index contributed by atoms with van der Waals surface area (Å²) in [5, 5.41) is 22.4. The molecule has 6 atom stereocenters. The minimum Gasteiger partial charge on any atom is -0.496 e. The Labute approximate surface area is 253 Å². The number of halogens is 1. The van der Waals surface area contributed by atoms with Gasteiger partial charge in [-0.1, -0.05) is 18.2 Å². The second-order valence-corrected chi connectivity index (χ2v) is 13.2. The number of oxazole rings is 1. The van der Waals surface area contributed by atoms with Crippen LogP contribution >= 0.6 is 11.3 Å². The zero-order chi connectivity index (χ0) is 30.6. The summed E-state index contributed by atoms with van der Waals surface area (Å²) in [7, 11) is 1.58. The Morgan fingerprint density at radius 2 is 1.93 bits per heavy atom. The number of nitrogens with zero attached hydrogens (tertiary/aromatic N) is 3. The van der Waals surface area contributed by atoms with E-state index in [1.165, 1.54) is 37.6 Å². The number of alkyl halides is 1. The summed E-state index contributed by atoms with van der Waals surface area (Å²) < 4.78 is 32.1. The van der Waals surface area contributed by atoms with Crippen LogP contribution in [-0.2, 0) is 9.53 Å². The molecule has 43 heavy (non-hydrogen) atoms. The van der Waals surface area contributed by atoms with E-state index in [1.807, 2.05) is 24.3 Å². The van der Waals surface area contributed by atoms with Crippen LogP contribution in [0.5, 0.6) is 5.75 Å². The Morgan fingerprint density at radius 1 is 1.23 bits per heavy atom. The zero-order valence-corrected chi connectivity index (χ0v) is 25.3. The number of carboxylic acid groups (broad SMARTS) is 1. The minimum atomic E-state index is -1.74. The smallest absolute Gasteiger partial charge is 0.329 e. The predicted molar refractivity (Wildman–Crippen MR) is 157 cm³/mol. The van der Waals surface area contributed by atoms with E-state index in [2.05, 4.69) is 4.98 Å². The van der Waals surface area contributed by atoms with Gasteiger partial charge in [-0.05, 0) is 69.9 Å². The lowest BCUT2D eigenvalue weighted by Crippen LogP contribution is -2.65. The largest absolute Gasteiger partial charge is 0.496 e. The molecular formula is C31H36FN3O7S. The Bertz CT molecular complexity index is 1490. The Balaban J connectivity index is 1.42. The van der Waals surface area contributed by atoms with E-state index in [-0.39, 0.29) is 30.0 Å². The van der Waals surface area contributed by atoms with E-state index in [4.69, 9.17) is 13.9 Å². The van der Waals surface area contributed by atoms with Crippen molar-refractivity contribution < 1.29 is 38.1 Å². The highest BCUT2D eigenvalue weighted by molar-refractivity contribution is 7.20. The van der Waals surface area contributed by atoms with Gasteiger partial charge in [-0.3, -0.25) is 9.69 Å². The van der Waals surface area contributed by atoms with Crippen molar-refractivity contribution in [3.8, 4) is 16.5 Å². The molecule has 3 heterocycles. The molecule has 10 nitrogen and oxygen atoms in total. The van der Waals surface area contributed by atoms with Gasteiger partial charge in [0.2, 0.25) is 12.2 Å². The number of thiophene rings is 1. The zero-order valence-electron chi connectivity index (χ0n) is 24.5. The highest BCUT2D eigenvalue weighted by atomic mass is 32.1. The number of aliphatic carboxylic acids is 1. The number of carboxylic acids is 1. The van der Waals surface area contributed by atoms with Crippen LogP contribution in [0, 0.1) is 18.8 Å². The minimum absolute atomic E-state index is 0.0799. The van der Waals surface area contributed by atoms with Crippen LogP contribution in [0.25, 0.3) is 10.8 Å².